The number of esters is 1. The van der Waals surface area contributed by atoms with Crippen LogP contribution in [0.5, 0.6) is 0 Å². The van der Waals surface area contributed by atoms with Crippen LogP contribution in [0.25, 0.3) is 0 Å². The zero-order valence-corrected chi connectivity index (χ0v) is 12.7. The molecule has 0 radical (unpaired) electrons. The molecule has 1 amide bonds. The van der Waals surface area contributed by atoms with Gasteiger partial charge in [0.1, 0.15) is 0 Å². The largest absolute Gasteiger partial charge is 0.465 e. The molecule has 0 saturated carbocycles. The van der Waals surface area contributed by atoms with Gasteiger partial charge in [0.2, 0.25) is 5.91 Å². The van der Waals surface area contributed by atoms with Crippen molar-refractivity contribution < 1.29 is 14.3 Å². The highest BCUT2D eigenvalue weighted by molar-refractivity contribution is 6.01. The molecular formula is C15H22N2O3. The van der Waals surface area contributed by atoms with E-state index in [0.717, 1.165) is 5.56 Å². The molecular weight excluding hydrogens is 256 g/mol. The monoisotopic (exact) mass is 278 g/mol. The summed E-state index contributed by atoms with van der Waals surface area (Å²) >= 11 is 0. The summed E-state index contributed by atoms with van der Waals surface area (Å²) < 4.78 is 4.72. The lowest BCUT2D eigenvalue weighted by atomic mass is 10.1. The predicted molar refractivity (Wildman–Crippen MR) is 78.9 cm³/mol. The molecule has 0 bridgehead atoms. The maximum atomic E-state index is 11.9. The highest BCUT2D eigenvalue weighted by atomic mass is 16.5. The normalized spacial score (nSPS) is 11.1. The van der Waals surface area contributed by atoms with Gasteiger partial charge >= 0.3 is 5.97 Å². The Balaban J connectivity index is 2.82. The molecule has 2 N–H and O–H groups in total. The van der Waals surface area contributed by atoms with Gasteiger partial charge in [-0.1, -0.05) is 11.6 Å². The number of aryl methyl sites for hydroxylation is 1. The maximum Gasteiger partial charge on any atom is 0.339 e. The number of carbonyl (C=O) groups excluding carboxylic acids is 2. The van der Waals surface area contributed by atoms with Crippen LogP contribution >= 0.6 is 0 Å². The predicted octanol–water partition coefficient (Wildman–Crippen LogP) is 2.11. The van der Waals surface area contributed by atoms with Gasteiger partial charge < -0.3 is 15.4 Å². The molecule has 0 unspecified atom stereocenters. The molecule has 1 aromatic rings. The molecule has 5 heteroatoms. The number of hydrogen-bond acceptors (Lipinski definition) is 4. The number of hydrogen-bond donors (Lipinski definition) is 2. The SMILES string of the molecule is COC(=O)c1cc(C)ccc1NC(=O)CNC(C)(C)C. The molecule has 0 aromatic heterocycles. The number of ether oxygens (including phenoxy) is 1. The summed E-state index contributed by atoms with van der Waals surface area (Å²) in [6, 6.07) is 5.23. The van der Waals surface area contributed by atoms with Gasteiger partial charge in [0, 0.05) is 5.54 Å². The number of amides is 1. The smallest absolute Gasteiger partial charge is 0.339 e. The van der Waals surface area contributed by atoms with Gasteiger partial charge in [-0.2, -0.15) is 0 Å². The Kier molecular flexibility index (Phi) is 5.27. The summed E-state index contributed by atoms with van der Waals surface area (Å²) in [7, 11) is 1.32. The van der Waals surface area contributed by atoms with Crippen LogP contribution in [0, 0.1) is 6.92 Å². The molecule has 0 aliphatic carbocycles. The van der Waals surface area contributed by atoms with Crippen molar-refractivity contribution in [3.05, 3.63) is 29.3 Å². The van der Waals surface area contributed by atoms with Crippen molar-refractivity contribution in [2.24, 2.45) is 0 Å². The third-order valence-electron chi connectivity index (χ3n) is 2.63. The molecule has 0 atom stereocenters. The molecule has 20 heavy (non-hydrogen) atoms. The van der Waals surface area contributed by atoms with Crippen molar-refractivity contribution >= 4 is 17.6 Å². The molecule has 1 rings (SSSR count). The topological polar surface area (TPSA) is 67.4 Å². The fourth-order valence-corrected chi connectivity index (χ4v) is 1.59. The Morgan fingerprint density at radius 2 is 1.90 bits per heavy atom. The molecule has 1 aromatic carbocycles. The number of carbonyl (C=O) groups is 2. The molecule has 0 spiro atoms. The van der Waals surface area contributed by atoms with E-state index in [0.29, 0.717) is 11.3 Å². The van der Waals surface area contributed by atoms with Gasteiger partial charge in [0.15, 0.2) is 0 Å². The third-order valence-corrected chi connectivity index (χ3v) is 2.63. The van der Waals surface area contributed by atoms with Crippen LogP contribution in [0.2, 0.25) is 0 Å². The van der Waals surface area contributed by atoms with Crippen molar-refractivity contribution in [3.8, 4) is 0 Å². The number of benzene rings is 1. The van der Waals surface area contributed by atoms with Gasteiger partial charge in [0.05, 0.1) is 24.9 Å². The lowest BCUT2D eigenvalue weighted by Gasteiger charge is -2.20. The highest BCUT2D eigenvalue weighted by Crippen LogP contribution is 2.18. The first-order chi connectivity index (χ1) is 9.23. The Bertz CT molecular complexity index is 504. The van der Waals surface area contributed by atoms with Gasteiger partial charge in [-0.15, -0.1) is 0 Å². The van der Waals surface area contributed by atoms with Gasteiger partial charge in [-0.3, -0.25) is 4.79 Å². The van der Waals surface area contributed by atoms with Gasteiger partial charge in [-0.05, 0) is 39.8 Å². The zero-order chi connectivity index (χ0) is 15.3. The summed E-state index contributed by atoms with van der Waals surface area (Å²) in [5.74, 6) is -0.665. The van der Waals surface area contributed by atoms with E-state index in [4.69, 9.17) is 4.74 Å². The number of methoxy groups -OCH3 is 1. The van der Waals surface area contributed by atoms with E-state index < -0.39 is 5.97 Å². The second-order valence-corrected chi connectivity index (χ2v) is 5.69. The van der Waals surface area contributed by atoms with E-state index in [1.807, 2.05) is 33.8 Å². The summed E-state index contributed by atoms with van der Waals surface area (Å²) in [5, 5.41) is 5.81. The van der Waals surface area contributed by atoms with Crippen molar-refractivity contribution in [1.29, 1.82) is 0 Å². The van der Waals surface area contributed by atoms with Crippen LogP contribution in [-0.2, 0) is 9.53 Å². The van der Waals surface area contributed by atoms with E-state index in [-0.39, 0.29) is 18.0 Å². The molecule has 0 fully saturated rings. The second kappa shape index (κ2) is 6.52. The lowest BCUT2D eigenvalue weighted by Crippen LogP contribution is -2.41. The molecule has 0 aliphatic rings. The van der Waals surface area contributed by atoms with E-state index in [1.54, 1.807) is 12.1 Å². The van der Waals surface area contributed by atoms with E-state index in [1.165, 1.54) is 7.11 Å². The molecule has 0 saturated heterocycles. The average molecular weight is 278 g/mol. The zero-order valence-electron chi connectivity index (χ0n) is 12.7. The minimum atomic E-state index is -0.465. The van der Waals surface area contributed by atoms with Crippen molar-refractivity contribution in [2.45, 2.75) is 33.2 Å². The maximum absolute atomic E-state index is 11.9. The fourth-order valence-electron chi connectivity index (χ4n) is 1.59. The first-order valence-electron chi connectivity index (χ1n) is 6.47. The van der Waals surface area contributed by atoms with Crippen LogP contribution in [0.4, 0.5) is 5.69 Å². The minimum Gasteiger partial charge on any atom is -0.465 e. The van der Waals surface area contributed by atoms with Crippen LogP contribution in [0.15, 0.2) is 18.2 Å². The Labute approximate surface area is 119 Å². The van der Waals surface area contributed by atoms with Gasteiger partial charge in [-0.25, -0.2) is 4.79 Å². The third kappa shape index (κ3) is 5.01. The summed E-state index contributed by atoms with van der Waals surface area (Å²) in [6.45, 7) is 7.99. The van der Waals surface area contributed by atoms with Crippen molar-refractivity contribution in [3.63, 3.8) is 0 Å². The standard InChI is InChI=1S/C15H22N2O3/c1-10-6-7-12(11(8-10)14(19)20-5)17-13(18)9-16-15(2,3)4/h6-8,16H,9H2,1-5H3,(H,17,18). The van der Waals surface area contributed by atoms with Crippen molar-refractivity contribution in [1.82, 2.24) is 5.32 Å². The quantitative estimate of drug-likeness (QED) is 0.828. The lowest BCUT2D eigenvalue weighted by molar-refractivity contribution is -0.115. The number of rotatable bonds is 4. The molecule has 0 aliphatic heterocycles. The Morgan fingerprint density at radius 3 is 2.45 bits per heavy atom. The Morgan fingerprint density at radius 1 is 1.25 bits per heavy atom. The second-order valence-electron chi connectivity index (χ2n) is 5.69. The van der Waals surface area contributed by atoms with E-state index >= 15 is 0 Å². The summed E-state index contributed by atoms with van der Waals surface area (Å²) in [4.78, 5) is 23.6. The number of nitrogens with one attached hydrogen (secondary N) is 2. The first kappa shape index (κ1) is 16.2. The summed E-state index contributed by atoms with van der Waals surface area (Å²) in [6.07, 6.45) is 0. The number of anilines is 1. The first-order valence-corrected chi connectivity index (χ1v) is 6.47. The average Bonchev–Trinajstić information content (AvgIpc) is 2.37. The fraction of sp³-hybridized carbons (Fsp3) is 0.467. The van der Waals surface area contributed by atoms with Crippen LogP contribution in [0.3, 0.4) is 0 Å². The highest BCUT2D eigenvalue weighted by Gasteiger charge is 2.15. The van der Waals surface area contributed by atoms with Crippen LogP contribution in [0.1, 0.15) is 36.7 Å². The molecule has 0 heterocycles. The minimum absolute atomic E-state index is 0.143. The van der Waals surface area contributed by atoms with Crippen molar-refractivity contribution in [2.75, 3.05) is 19.0 Å². The Hall–Kier alpha value is -1.88. The molecule has 110 valence electrons. The van der Waals surface area contributed by atoms with Crippen LogP contribution in [-0.4, -0.2) is 31.1 Å². The van der Waals surface area contributed by atoms with E-state index in [2.05, 4.69) is 10.6 Å². The van der Waals surface area contributed by atoms with Gasteiger partial charge in [0.25, 0.3) is 0 Å². The van der Waals surface area contributed by atoms with Crippen LogP contribution < -0.4 is 10.6 Å². The summed E-state index contributed by atoms with van der Waals surface area (Å²) in [5.41, 5.74) is 1.60. The van der Waals surface area contributed by atoms with E-state index in [9.17, 15) is 9.59 Å². The molecule has 5 nitrogen and oxygen atoms in total.